The average molecular weight is 318 g/mol. The number of hydrogen-bond acceptors (Lipinski definition) is 6. The lowest BCUT2D eigenvalue weighted by Gasteiger charge is -2.18. The number of ether oxygens (including phenoxy) is 1. The van der Waals surface area contributed by atoms with Crippen molar-refractivity contribution in [1.82, 2.24) is 19.4 Å². The van der Waals surface area contributed by atoms with Crippen LogP contribution in [0.25, 0.3) is 0 Å². The second kappa shape index (κ2) is 6.68. The fraction of sp³-hybridized carbons (Fsp3) is 0.545. The van der Waals surface area contributed by atoms with Gasteiger partial charge in [-0.2, -0.15) is 9.40 Å². The highest BCUT2D eigenvalue weighted by molar-refractivity contribution is 7.89. The number of aromatic nitrogens is 2. The number of aromatic amines is 1. The van der Waals surface area contributed by atoms with Gasteiger partial charge in [0.1, 0.15) is 5.56 Å². The van der Waals surface area contributed by atoms with E-state index in [0.29, 0.717) is 0 Å². The van der Waals surface area contributed by atoms with E-state index in [1.165, 1.54) is 26.0 Å². The van der Waals surface area contributed by atoms with Crippen LogP contribution in [0.1, 0.15) is 17.3 Å². The number of carbonyl (C=O) groups excluding carboxylic acids is 2. The molecule has 0 bridgehead atoms. The Morgan fingerprint density at radius 1 is 1.33 bits per heavy atom. The summed E-state index contributed by atoms with van der Waals surface area (Å²) < 4.78 is 30.3. The fourth-order valence-electron chi connectivity index (χ4n) is 1.40. The molecule has 0 radical (unpaired) electrons. The van der Waals surface area contributed by atoms with E-state index in [1.54, 1.807) is 6.92 Å². The maximum Gasteiger partial charge on any atom is 0.342 e. The van der Waals surface area contributed by atoms with E-state index in [1.807, 2.05) is 0 Å². The molecule has 0 aliphatic carbocycles. The summed E-state index contributed by atoms with van der Waals surface area (Å²) in [5, 5.41) is 5.43. The van der Waals surface area contributed by atoms with Gasteiger partial charge in [-0.15, -0.1) is 0 Å². The van der Waals surface area contributed by atoms with E-state index < -0.39 is 26.9 Å². The van der Waals surface area contributed by atoms with Crippen LogP contribution in [0.3, 0.4) is 0 Å². The zero-order valence-electron chi connectivity index (χ0n) is 12.3. The number of H-pyrrole nitrogens is 1. The Morgan fingerprint density at radius 2 is 1.95 bits per heavy atom. The second-order valence-corrected chi connectivity index (χ2v) is 6.36. The van der Waals surface area contributed by atoms with Crippen molar-refractivity contribution < 1.29 is 22.7 Å². The van der Waals surface area contributed by atoms with Gasteiger partial charge in [-0.1, -0.05) is 0 Å². The molecule has 118 valence electrons. The first kappa shape index (κ1) is 17.1. The van der Waals surface area contributed by atoms with Crippen LogP contribution in [0.5, 0.6) is 0 Å². The molecule has 1 N–H and O–H groups in total. The molecule has 0 atom stereocenters. The fourth-order valence-corrected chi connectivity index (χ4v) is 2.57. The predicted octanol–water partition coefficient (Wildman–Crippen LogP) is -0.705. The molecular weight excluding hydrogens is 300 g/mol. The molecule has 0 spiro atoms. The van der Waals surface area contributed by atoms with E-state index in [9.17, 15) is 18.0 Å². The maximum atomic E-state index is 12.4. The van der Waals surface area contributed by atoms with Gasteiger partial charge in [0.15, 0.2) is 5.03 Å². The highest BCUT2D eigenvalue weighted by Crippen LogP contribution is 2.17. The maximum absolute atomic E-state index is 12.4. The monoisotopic (exact) mass is 318 g/mol. The number of carbonyl (C=O) groups is 2. The molecule has 1 amide bonds. The molecular formula is C11H18N4O5S. The van der Waals surface area contributed by atoms with Gasteiger partial charge in [-0.05, 0) is 6.92 Å². The van der Waals surface area contributed by atoms with Crippen LogP contribution in [0, 0.1) is 0 Å². The molecule has 10 heteroatoms. The lowest BCUT2D eigenvalue weighted by atomic mass is 10.4. The van der Waals surface area contributed by atoms with E-state index in [-0.39, 0.29) is 18.7 Å². The minimum absolute atomic E-state index is 0.110. The van der Waals surface area contributed by atoms with Gasteiger partial charge in [0.05, 0.1) is 19.3 Å². The van der Waals surface area contributed by atoms with Gasteiger partial charge in [0.25, 0.3) is 10.0 Å². The number of rotatable bonds is 6. The lowest BCUT2D eigenvalue weighted by Crippen LogP contribution is -2.38. The molecule has 0 fully saturated rings. The zero-order chi connectivity index (χ0) is 16.2. The molecule has 9 nitrogen and oxygen atoms in total. The van der Waals surface area contributed by atoms with E-state index >= 15 is 0 Å². The first-order chi connectivity index (χ1) is 9.71. The van der Waals surface area contributed by atoms with E-state index in [4.69, 9.17) is 4.74 Å². The number of likely N-dealkylation sites (N-methyl/N-ethyl adjacent to an activating group) is 2. The minimum atomic E-state index is -4.05. The largest absolute Gasteiger partial charge is 0.462 e. The van der Waals surface area contributed by atoms with Gasteiger partial charge >= 0.3 is 5.97 Å². The molecule has 1 rings (SSSR count). The van der Waals surface area contributed by atoms with Crippen molar-refractivity contribution in [2.75, 3.05) is 34.3 Å². The average Bonchev–Trinajstić information content (AvgIpc) is 2.88. The zero-order valence-corrected chi connectivity index (χ0v) is 13.1. The van der Waals surface area contributed by atoms with Gasteiger partial charge < -0.3 is 9.64 Å². The molecule has 1 aromatic rings. The summed E-state index contributed by atoms with van der Waals surface area (Å²) in [5.74, 6) is -1.18. The van der Waals surface area contributed by atoms with Crippen LogP contribution in [0.4, 0.5) is 0 Å². The highest BCUT2D eigenvalue weighted by atomic mass is 32.2. The lowest BCUT2D eigenvalue weighted by molar-refractivity contribution is -0.128. The summed E-state index contributed by atoms with van der Waals surface area (Å²) in [6.07, 6.45) is 1.08. The molecule has 0 unspecified atom stereocenters. The molecule has 0 aromatic carbocycles. The van der Waals surface area contributed by atoms with Crippen LogP contribution in [0.15, 0.2) is 11.2 Å². The Labute approximate surface area is 122 Å². The molecule has 1 heterocycles. The third-order valence-electron chi connectivity index (χ3n) is 2.62. The second-order valence-electron chi connectivity index (χ2n) is 4.38. The summed E-state index contributed by atoms with van der Waals surface area (Å²) >= 11 is 0. The van der Waals surface area contributed by atoms with E-state index in [0.717, 1.165) is 10.5 Å². The van der Waals surface area contributed by atoms with Crippen LogP contribution in [-0.4, -0.2) is 74.0 Å². The quantitative estimate of drug-likeness (QED) is 0.694. The van der Waals surface area contributed by atoms with Crippen molar-refractivity contribution in [2.24, 2.45) is 0 Å². The van der Waals surface area contributed by atoms with Crippen LogP contribution in [-0.2, 0) is 19.6 Å². The van der Waals surface area contributed by atoms with Crippen molar-refractivity contribution in [3.8, 4) is 0 Å². The number of hydrogen-bond donors (Lipinski definition) is 1. The number of amides is 1. The first-order valence-corrected chi connectivity index (χ1v) is 7.52. The molecule has 0 aliphatic heterocycles. The first-order valence-electron chi connectivity index (χ1n) is 6.08. The van der Waals surface area contributed by atoms with Crippen molar-refractivity contribution in [2.45, 2.75) is 11.9 Å². The number of nitrogens with zero attached hydrogens (tertiary/aromatic N) is 3. The Morgan fingerprint density at radius 3 is 2.48 bits per heavy atom. The third kappa shape index (κ3) is 3.79. The van der Waals surface area contributed by atoms with Crippen LogP contribution >= 0.6 is 0 Å². The minimum Gasteiger partial charge on any atom is -0.462 e. The number of sulfonamides is 1. The van der Waals surface area contributed by atoms with Crippen molar-refractivity contribution in [3.63, 3.8) is 0 Å². The third-order valence-corrected chi connectivity index (χ3v) is 4.40. The predicted molar refractivity (Wildman–Crippen MR) is 73.1 cm³/mol. The van der Waals surface area contributed by atoms with Gasteiger partial charge in [0, 0.05) is 21.1 Å². The summed E-state index contributed by atoms with van der Waals surface area (Å²) in [6.45, 7) is 1.36. The Kier molecular flexibility index (Phi) is 5.44. The van der Waals surface area contributed by atoms with Crippen LogP contribution in [0.2, 0.25) is 0 Å². The van der Waals surface area contributed by atoms with Gasteiger partial charge in [-0.25, -0.2) is 13.2 Å². The molecule has 0 saturated heterocycles. The van der Waals surface area contributed by atoms with Gasteiger partial charge in [0.2, 0.25) is 5.91 Å². The molecule has 1 aromatic heterocycles. The molecule has 0 saturated carbocycles. The number of esters is 1. The molecule has 0 aliphatic rings. The molecule has 21 heavy (non-hydrogen) atoms. The standard InChI is InChI=1S/C11H18N4O5S/c1-5-20-11(17)8-6-12-13-10(8)21(18,19)15(4)7-9(16)14(2)3/h6H,5,7H2,1-4H3,(H,12,13). The summed E-state index contributed by atoms with van der Waals surface area (Å²) in [6, 6.07) is 0. The summed E-state index contributed by atoms with van der Waals surface area (Å²) in [4.78, 5) is 24.5. The normalized spacial score (nSPS) is 11.5. The smallest absolute Gasteiger partial charge is 0.342 e. The van der Waals surface area contributed by atoms with Gasteiger partial charge in [-0.3, -0.25) is 9.89 Å². The van der Waals surface area contributed by atoms with Crippen molar-refractivity contribution in [3.05, 3.63) is 11.8 Å². The number of nitrogens with one attached hydrogen (secondary N) is 1. The summed E-state index contributed by atoms with van der Waals surface area (Å²) in [5.41, 5.74) is -0.194. The SMILES string of the molecule is CCOC(=O)c1cn[nH]c1S(=O)(=O)N(C)CC(=O)N(C)C. The summed E-state index contributed by atoms with van der Waals surface area (Å²) in [7, 11) is 0.225. The Bertz CT molecular complexity index is 622. The van der Waals surface area contributed by atoms with Crippen molar-refractivity contribution >= 4 is 21.9 Å². The highest BCUT2D eigenvalue weighted by Gasteiger charge is 2.30. The van der Waals surface area contributed by atoms with Crippen molar-refractivity contribution in [1.29, 1.82) is 0 Å². The Hall–Kier alpha value is -1.94. The van der Waals surface area contributed by atoms with Crippen LogP contribution < -0.4 is 0 Å². The topological polar surface area (TPSA) is 113 Å². The van der Waals surface area contributed by atoms with E-state index in [2.05, 4.69) is 10.2 Å². The Balaban J connectivity index is 3.06.